The van der Waals surface area contributed by atoms with Crippen molar-refractivity contribution in [2.24, 2.45) is 5.92 Å². The molecular formula is C10H9Br2N3O4. The van der Waals surface area contributed by atoms with Crippen molar-refractivity contribution in [2.75, 3.05) is 14.1 Å². The summed E-state index contributed by atoms with van der Waals surface area (Å²) < 4.78 is -2.65. The Morgan fingerprint density at radius 2 is 1.58 bits per heavy atom. The number of imide groups is 2. The lowest BCUT2D eigenvalue weighted by atomic mass is 9.59. The summed E-state index contributed by atoms with van der Waals surface area (Å²) in [6.07, 6.45) is 0. The number of carbonyl (C=O) groups is 4. The minimum Gasteiger partial charge on any atom is -0.321 e. The van der Waals surface area contributed by atoms with Gasteiger partial charge in [-0.3, -0.25) is 24.6 Å². The van der Waals surface area contributed by atoms with Crippen LogP contribution in [0, 0.1) is 5.92 Å². The van der Waals surface area contributed by atoms with Gasteiger partial charge in [0.25, 0.3) is 0 Å². The maximum atomic E-state index is 12.2. The monoisotopic (exact) mass is 393 g/mol. The van der Waals surface area contributed by atoms with Crippen molar-refractivity contribution in [1.82, 2.24) is 15.1 Å². The van der Waals surface area contributed by atoms with E-state index in [0.29, 0.717) is 0 Å². The molecule has 0 bridgehead atoms. The quantitative estimate of drug-likeness (QED) is 0.440. The number of halogens is 2. The first kappa shape index (κ1) is 13.0. The number of carbonyl (C=O) groups excluding carboxylic acids is 4. The molecule has 102 valence electrons. The number of fused-ring (bicyclic) bond motifs is 4. The minimum atomic E-state index is -1.35. The Balaban J connectivity index is 2.17. The van der Waals surface area contributed by atoms with Gasteiger partial charge in [-0.25, -0.2) is 4.79 Å². The van der Waals surface area contributed by atoms with E-state index in [2.05, 4.69) is 37.2 Å². The largest absolute Gasteiger partial charge is 0.326 e. The third kappa shape index (κ3) is 1.07. The second-order valence-corrected chi connectivity index (χ2v) is 7.42. The zero-order chi connectivity index (χ0) is 14.3. The van der Waals surface area contributed by atoms with Crippen LogP contribution in [0.4, 0.5) is 4.79 Å². The van der Waals surface area contributed by atoms with E-state index >= 15 is 0 Å². The molecule has 4 atom stereocenters. The summed E-state index contributed by atoms with van der Waals surface area (Å²) in [6, 6.07) is -1.18. The Labute approximate surface area is 124 Å². The Hall–Kier alpha value is -0.960. The predicted octanol–water partition coefficient (Wildman–Crippen LogP) is -0.568. The number of rotatable bonds is 0. The number of nitrogens with one attached hydrogen (secondary N) is 1. The fraction of sp³-hybridized carbons (Fsp3) is 0.600. The SMILES string of the molecule is CN1C(=O)[C@@H]2[C@H](N(C)C1=O)[C@]1(Br)C(=O)NC(=O)[C@]21Br. The van der Waals surface area contributed by atoms with E-state index in [1.54, 1.807) is 0 Å². The molecule has 5 amide bonds. The Morgan fingerprint density at radius 3 is 2.16 bits per heavy atom. The molecule has 0 unspecified atom stereocenters. The molecule has 0 aromatic rings. The summed E-state index contributed by atoms with van der Waals surface area (Å²) in [5, 5.41) is 2.21. The van der Waals surface area contributed by atoms with Gasteiger partial charge in [0, 0.05) is 14.1 Å². The summed E-state index contributed by atoms with van der Waals surface area (Å²) in [6.45, 7) is 0. The van der Waals surface area contributed by atoms with Crippen LogP contribution in [-0.4, -0.2) is 62.3 Å². The molecule has 0 radical (unpaired) electrons. The predicted molar refractivity (Wildman–Crippen MR) is 69.7 cm³/mol. The second kappa shape index (κ2) is 3.38. The van der Waals surface area contributed by atoms with Gasteiger partial charge < -0.3 is 4.90 Å². The zero-order valence-electron chi connectivity index (χ0n) is 9.94. The van der Waals surface area contributed by atoms with Crippen LogP contribution in [0.3, 0.4) is 0 Å². The molecule has 3 rings (SSSR count). The fourth-order valence-corrected chi connectivity index (χ4v) is 5.19. The minimum absolute atomic E-state index is 0.468. The molecule has 3 aliphatic rings. The second-order valence-electron chi connectivity index (χ2n) is 4.92. The summed E-state index contributed by atoms with van der Waals surface area (Å²) >= 11 is 6.52. The van der Waals surface area contributed by atoms with Crippen LogP contribution in [0.2, 0.25) is 0 Å². The lowest BCUT2D eigenvalue weighted by Gasteiger charge is -2.61. The molecule has 0 spiro atoms. The molecule has 0 aromatic carbocycles. The number of alkyl halides is 2. The van der Waals surface area contributed by atoms with E-state index in [9.17, 15) is 19.2 Å². The molecule has 2 saturated heterocycles. The third-order valence-corrected chi connectivity index (χ3v) is 7.64. The number of hydrogen-bond acceptors (Lipinski definition) is 4. The molecule has 2 aliphatic heterocycles. The van der Waals surface area contributed by atoms with E-state index in [1.807, 2.05) is 0 Å². The van der Waals surface area contributed by atoms with Gasteiger partial charge in [0.2, 0.25) is 17.7 Å². The van der Waals surface area contributed by atoms with Crippen molar-refractivity contribution < 1.29 is 19.2 Å². The number of urea groups is 1. The van der Waals surface area contributed by atoms with Crippen LogP contribution < -0.4 is 5.32 Å². The molecule has 2 heterocycles. The van der Waals surface area contributed by atoms with E-state index in [0.717, 1.165) is 4.90 Å². The fourth-order valence-electron chi connectivity index (χ4n) is 3.14. The van der Waals surface area contributed by atoms with E-state index in [-0.39, 0.29) is 0 Å². The van der Waals surface area contributed by atoms with Crippen LogP contribution in [0.25, 0.3) is 0 Å². The summed E-state index contributed by atoms with van der Waals surface area (Å²) in [7, 11) is 2.87. The molecule has 1 saturated carbocycles. The van der Waals surface area contributed by atoms with Gasteiger partial charge in [-0.1, -0.05) is 31.9 Å². The van der Waals surface area contributed by atoms with Crippen LogP contribution in [-0.2, 0) is 14.4 Å². The smallest absolute Gasteiger partial charge is 0.321 e. The average molecular weight is 395 g/mol. The van der Waals surface area contributed by atoms with Crippen molar-refractivity contribution in [3.63, 3.8) is 0 Å². The van der Waals surface area contributed by atoms with Gasteiger partial charge in [0.15, 0.2) is 4.32 Å². The van der Waals surface area contributed by atoms with Gasteiger partial charge in [-0.2, -0.15) is 0 Å². The molecule has 1 N–H and O–H groups in total. The zero-order valence-corrected chi connectivity index (χ0v) is 13.1. The Kier molecular flexibility index (Phi) is 2.32. The molecule has 19 heavy (non-hydrogen) atoms. The van der Waals surface area contributed by atoms with Gasteiger partial charge in [0.1, 0.15) is 4.32 Å². The summed E-state index contributed by atoms with van der Waals surface area (Å²) in [5.41, 5.74) is 0. The lowest BCUT2D eigenvalue weighted by Crippen LogP contribution is -2.84. The maximum absolute atomic E-state index is 12.2. The van der Waals surface area contributed by atoms with Crippen molar-refractivity contribution in [3.8, 4) is 0 Å². The highest BCUT2D eigenvalue weighted by Gasteiger charge is 2.85. The van der Waals surface area contributed by atoms with Crippen LogP contribution >= 0.6 is 31.9 Å². The van der Waals surface area contributed by atoms with Crippen LogP contribution in [0.1, 0.15) is 0 Å². The molecule has 7 nitrogen and oxygen atoms in total. The highest BCUT2D eigenvalue weighted by atomic mass is 79.9. The number of nitrogens with zero attached hydrogens (tertiary/aromatic N) is 2. The van der Waals surface area contributed by atoms with Crippen molar-refractivity contribution in [2.45, 2.75) is 14.7 Å². The van der Waals surface area contributed by atoms with Crippen molar-refractivity contribution in [1.29, 1.82) is 0 Å². The van der Waals surface area contributed by atoms with E-state index < -0.39 is 44.4 Å². The highest BCUT2D eigenvalue weighted by molar-refractivity contribution is 9.13. The molecule has 0 aromatic heterocycles. The summed E-state index contributed by atoms with van der Waals surface area (Å²) in [4.78, 5) is 50.4. The normalized spacial score (nSPS) is 44.8. The molecule has 1 aliphatic carbocycles. The first-order chi connectivity index (χ1) is 8.69. The van der Waals surface area contributed by atoms with Gasteiger partial charge in [-0.15, -0.1) is 0 Å². The van der Waals surface area contributed by atoms with Crippen molar-refractivity contribution in [3.05, 3.63) is 0 Å². The topological polar surface area (TPSA) is 86.8 Å². The Morgan fingerprint density at radius 1 is 1.05 bits per heavy atom. The molecular weight excluding hydrogens is 386 g/mol. The highest BCUT2D eigenvalue weighted by Crippen LogP contribution is 2.64. The van der Waals surface area contributed by atoms with E-state index in [4.69, 9.17) is 0 Å². The lowest BCUT2D eigenvalue weighted by molar-refractivity contribution is -0.152. The maximum Gasteiger partial charge on any atom is 0.326 e. The average Bonchev–Trinajstić information content (AvgIpc) is 2.49. The number of hydrogen-bond donors (Lipinski definition) is 1. The first-order valence-electron chi connectivity index (χ1n) is 5.47. The summed E-state index contributed by atoms with van der Waals surface area (Å²) in [5.74, 6) is -2.34. The standard InChI is InChI=1S/C10H9Br2N3O4/c1-14-4-3(5(16)15(2)8(14)19)9(11)6(17)13-7(18)10(4,9)12/h3-4H,1-2H3,(H,13,17,18)/t3-,4-,9+,10-/m0/s1. The molecule has 3 fully saturated rings. The van der Waals surface area contributed by atoms with E-state index in [1.165, 1.54) is 19.0 Å². The molecule has 9 heteroatoms. The van der Waals surface area contributed by atoms with Crippen LogP contribution in [0.15, 0.2) is 0 Å². The van der Waals surface area contributed by atoms with Gasteiger partial charge >= 0.3 is 6.03 Å². The van der Waals surface area contributed by atoms with Gasteiger partial charge in [0.05, 0.1) is 12.0 Å². The Bertz CT molecular complexity index is 567. The third-order valence-electron chi connectivity index (χ3n) is 4.17. The van der Waals surface area contributed by atoms with Crippen LogP contribution in [0.5, 0.6) is 0 Å². The number of amides is 5. The van der Waals surface area contributed by atoms with Crippen molar-refractivity contribution >= 4 is 55.6 Å². The van der Waals surface area contributed by atoms with Gasteiger partial charge in [-0.05, 0) is 0 Å². The first-order valence-corrected chi connectivity index (χ1v) is 7.05.